The molecule has 1 aliphatic heterocycles. The number of hydrogen-bond donors (Lipinski definition) is 1. The summed E-state index contributed by atoms with van der Waals surface area (Å²) < 4.78 is 0. The van der Waals surface area contributed by atoms with Gasteiger partial charge in [0.2, 0.25) is 0 Å². The van der Waals surface area contributed by atoms with E-state index in [1.165, 1.54) is 43.5 Å². The van der Waals surface area contributed by atoms with Crippen LogP contribution in [0.4, 0.5) is 0 Å². The first-order valence-corrected chi connectivity index (χ1v) is 7.15. The van der Waals surface area contributed by atoms with Crippen LogP contribution in [0, 0.1) is 6.92 Å². The fourth-order valence-electron chi connectivity index (χ4n) is 2.62. The number of nitrogens with zero attached hydrogens (tertiary/aromatic N) is 2. The Morgan fingerprint density at radius 1 is 1.50 bits per heavy atom. The molecule has 1 aromatic rings. The van der Waals surface area contributed by atoms with E-state index in [0.29, 0.717) is 6.04 Å². The zero-order valence-corrected chi connectivity index (χ0v) is 11.7. The molecule has 3 nitrogen and oxygen atoms in total. The van der Waals surface area contributed by atoms with Gasteiger partial charge in [0.05, 0.1) is 0 Å². The minimum Gasteiger partial charge on any atom is -0.313 e. The molecule has 0 aliphatic carbocycles. The summed E-state index contributed by atoms with van der Waals surface area (Å²) in [6.45, 7) is 8.99. The zero-order valence-electron chi connectivity index (χ0n) is 11.7. The van der Waals surface area contributed by atoms with Crippen molar-refractivity contribution in [2.45, 2.75) is 45.7 Å². The minimum atomic E-state index is 0.677. The average molecular weight is 247 g/mol. The molecule has 18 heavy (non-hydrogen) atoms. The number of aromatic nitrogens is 1. The Balaban J connectivity index is 1.87. The Morgan fingerprint density at radius 3 is 3.17 bits per heavy atom. The number of hydrogen-bond acceptors (Lipinski definition) is 3. The molecule has 2 rings (SSSR count). The van der Waals surface area contributed by atoms with E-state index in [2.05, 4.69) is 35.1 Å². The second-order valence-corrected chi connectivity index (χ2v) is 5.33. The van der Waals surface area contributed by atoms with E-state index < -0.39 is 0 Å². The third kappa shape index (κ3) is 3.79. The number of pyridine rings is 1. The smallest absolute Gasteiger partial charge is 0.0315 e. The van der Waals surface area contributed by atoms with Gasteiger partial charge in [-0.3, -0.25) is 9.88 Å². The van der Waals surface area contributed by atoms with Gasteiger partial charge < -0.3 is 5.32 Å². The Kier molecular flexibility index (Phi) is 5.14. The molecule has 1 fully saturated rings. The number of nitrogens with one attached hydrogen (secondary N) is 1. The van der Waals surface area contributed by atoms with Crippen molar-refractivity contribution in [3.63, 3.8) is 0 Å². The third-order valence-corrected chi connectivity index (χ3v) is 3.73. The molecule has 0 radical (unpaired) electrons. The highest BCUT2D eigenvalue weighted by Gasteiger charge is 2.19. The summed E-state index contributed by atoms with van der Waals surface area (Å²) in [7, 11) is 0. The summed E-state index contributed by atoms with van der Waals surface area (Å²) in [5.74, 6) is 0. The lowest BCUT2D eigenvalue weighted by Gasteiger charge is -2.33. The second kappa shape index (κ2) is 6.86. The van der Waals surface area contributed by atoms with Crippen LogP contribution in [0.25, 0.3) is 0 Å². The summed E-state index contributed by atoms with van der Waals surface area (Å²) in [6.07, 6.45) is 7.74. The van der Waals surface area contributed by atoms with Gasteiger partial charge in [0, 0.05) is 31.5 Å². The van der Waals surface area contributed by atoms with Gasteiger partial charge in [-0.25, -0.2) is 0 Å². The van der Waals surface area contributed by atoms with Crippen LogP contribution in [0.3, 0.4) is 0 Å². The number of rotatable bonds is 5. The molecular weight excluding hydrogens is 222 g/mol. The predicted molar refractivity (Wildman–Crippen MR) is 75.6 cm³/mol. The maximum absolute atomic E-state index is 4.24. The van der Waals surface area contributed by atoms with Gasteiger partial charge in [0.15, 0.2) is 0 Å². The topological polar surface area (TPSA) is 28.2 Å². The van der Waals surface area contributed by atoms with Crippen molar-refractivity contribution in [2.24, 2.45) is 0 Å². The lowest BCUT2D eigenvalue weighted by atomic mass is 10.0. The maximum Gasteiger partial charge on any atom is 0.0315 e. The Labute approximate surface area is 111 Å². The van der Waals surface area contributed by atoms with E-state index in [-0.39, 0.29) is 0 Å². The number of likely N-dealkylation sites (tertiary alicyclic amines) is 1. The lowest BCUT2D eigenvalue weighted by Crippen LogP contribution is -2.45. The Hall–Kier alpha value is -0.930. The summed E-state index contributed by atoms with van der Waals surface area (Å²) in [5, 5.41) is 3.64. The van der Waals surface area contributed by atoms with Crippen molar-refractivity contribution >= 4 is 0 Å². The molecule has 0 spiro atoms. The average Bonchev–Trinajstić information content (AvgIpc) is 2.40. The van der Waals surface area contributed by atoms with Crippen molar-refractivity contribution in [1.29, 1.82) is 0 Å². The number of piperidine rings is 1. The highest BCUT2D eigenvalue weighted by atomic mass is 15.2. The van der Waals surface area contributed by atoms with Crippen LogP contribution >= 0.6 is 0 Å². The van der Waals surface area contributed by atoms with Gasteiger partial charge in [-0.05, 0) is 56.5 Å². The first-order chi connectivity index (χ1) is 8.79. The standard InChI is InChI=1S/C15H25N3/c1-3-7-17-15-5-4-9-18(12-15)11-14-10-16-8-6-13(14)2/h6,8,10,15,17H,3-5,7,9,11-12H2,1-2H3. The fourth-order valence-corrected chi connectivity index (χ4v) is 2.62. The summed E-state index contributed by atoms with van der Waals surface area (Å²) in [6, 6.07) is 2.78. The molecule has 1 N–H and O–H groups in total. The van der Waals surface area contributed by atoms with Crippen molar-refractivity contribution in [3.05, 3.63) is 29.6 Å². The molecule has 0 saturated carbocycles. The molecule has 1 aliphatic rings. The van der Waals surface area contributed by atoms with Gasteiger partial charge in [0.25, 0.3) is 0 Å². The maximum atomic E-state index is 4.24. The lowest BCUT2D eigenvalue weighted by molar-refractivity contribution is 0.183. The molecule has 100 valence electrons. The quantitative estimate of drug-likeness (QED) is 0.865. The molecule has 2 heterocycles. The zero-order chi connectivity index (χ0) is 12.8. The van der Waals surface area contributed by atoms with Crippen LogP contribution in [-0.2, 0) is 6.54 Å². The van der Waals surface area contributed by atoms with Crippen molar-refractivity contribution < 1.29 is 0 Å². The normalized spacial score (nSPS) is 21.1. The van der Waals surface area contributed by atoms with E-state index in [1.54, 1.807) is 0 Å². The highest BCUT2D eigenvalue weighted by molar-refractivity contribution is 5.21. The van der Waals surface area contributed by atoms with E-state index >= 15 is 0 Å². The second-order valence-electron chi connectivity index (χ2n) is 5.33. The van der Waals surface area contributed by atoms with Crippen LogP contribution in [0.5, 0.6) is 0 Å². The Morgan fingerprint density at radius 2 is 2.39 bits per heavy atom. The molecule has 1 atom stereocenters. The molecule has 0 bridgehead atoms. The molecule has 1 unspecified atom stereocenters. The van der Waals surface area contributed by atoms with Gasteiger partial charge in [-0.2, -0.15) is 0 Å². The first-order valence-electron chi connectivity index (χ1n) is 7.15. The van der Waals surface area contributed by atoms with Crippen LogP contribution in [0.2, 0.25) is 0 Å². The van der Waals surface area contributed by atoms with Crippen LogP contribution in [0.15, 0.2) is 18.5 Å². The summed E-state index contributed by atoms with van der Waals surface area (Å²) in [5.41, 5.74) is 2.72. The first kappa shape index (κ1) is 13.5. The van der Waals surface area contributed by atoms with Crippen molar-refractivity contribution in [2.75, 3.05) is 19.6 Å². The molecule has 3 heteroatoms. The molecule has 1 saturated heterocycles. The SMILES string of the molecule is CCCNC1CCCN(Cc2cnccc2C)C1. The van der Waals surface area contributed by atoms with E-state index in [9.17, 15) is 0 Å². The predicted octanol–water partition coefficient (Wildman–Crippen LogP) is 2.35. The van der Waals surface area contributed by atoms with E-state index in [1.807, 2.05) is 12.4 Å². The van der Waals surface area contributed by atoms with Crippen LogP contribution in [-0.4, -0.2) is 35.6 Å². The number of aryl methyl sites for hydroxylation is 1. The van der Waals surface area contributed by atoms with Gasteiger partial charge in [0.1, 0.15) is 0 Å². The van der Waals surface area contributed by atoms with E-state index in [4.69, 9.17) is 0 Å². The monoisotopic (exact) mass is 247 g/mol. The highest BCUT2D eigenvalue weighted by Crippen LogP contribution is 2.15. The van der Waals surface area contributed by atoms with Gasteiger partial charge >= 0.3 is 0 Å². The largest absolute Gasteiger partial charge is 0.313 e. The van der Waals surface area contributed by atoms with Gasteiger partial charge in [-0.1, -0.05) is 6.92 Å². The Bertz CT molecular complexity index is 365. The molecule has 0 amide bonds. The van der Waals surface area contributed by atoms with E-state index in [0.717, 1.165) is 13.1 Å². The summed E-state index contributed by atoms with van der Waals surface area (Å²) in [4.78, 5) is 6.79. The van der Waals surface area contributed by atoms with Crippen molar-refractivity contribution in [3.8, 4) is 0 Å². The molecule has 1 aromatic heterocycles. The fraction of sp³-hybridized carbons (Fsp3) is 0.667. The van der Waals surface area contributed by atoms with Crippen molar-refractivity contribution in [1.82, 2.24) is 15.2 Å². The third-order valence-electron chi connectivity index (χ3n) is 3.73. The minimum absolute atomic E-state index is 0.677. The van der Waals surface area contributed by atoms with Crippen LogP contribution in [0.1, 0.15) is 37.3 Å². The van der Waals surface area contributed by atoms with Gasteiger partial charge in [-0.15, -0.1) is 0 Å². The van der Waals surface area contributed by atoms with Crippen LogP contribution < -0.4 is 5.32 Å². The molecular formula is C15H25N3. The summed E-state index contributed by atoms with van der Waals surface area (Å²) >= 11 is 0. The molecule has 0 aromatic carbocycles.